The lowest BCUT2D eigenvalue weighted by Crippen LogP contribution is -2.34. The van der Waals surface area contributed by atoms with Crippen LogP contribution in [0.5, 0.6) is 0 Å². The van der Waals surface area contributed by atoms with Crippen LogP contribution in [0.4, 0.5) is 0 Å². The number of likely N-dealkylation sites (tertiary alicyclic amines) is 2. The molecule has 0 spiro atoms. The van der Waals surface area contributed by atoms with Crippen molar-refractivity contribution in [2.45, 2.75) is 197 Å². The van der Waals surface area contributed by atoms with Crippen LogP contribution < -0.4 is 0 Å². The summed E-state index contributed by atoms with van der Waals surface area (Å²) in [6.45, 7) is 33.1. The van der Waals surface area contributed by atoms with Crippen LogP contribution in [0.15, 0.2) is 134 Å². The van der Waals surface area contributed by atoms with Crippen LogP contribution in [0.3, 0.4) is 0 Å². The lowest BCUT2D eigenvalue weighted by Gasteiger charge is -2.36. The predicted molar refractivity (Wildman–Crippen MR) is 353 cm³/mol. The maximum atomic E-state index is 8.12. The Morgan fingerprint density at radius 1 is 0.511 bits per heavy atom. The van der Waals surface area contributed by atoms with Gasteiger partial charge in [-0.3, -0.25) is 19.2 Å². The molecule has 0 radical (unpaired) electrons. The van der Waals surface area contributed by atoms with E-state index in [9.17, 15) is 0 Å². The quantitative estimate of drug-likeness (QED) is 0.0503. The molecule has 16 heteroatoms. The first-order valence-electron chi connectivity index (χ1n) is 33.0. The molecule has 0 amide bonds. The molecule has 2 unspecified atom stereocenters. The highest BCUT2D eigenvalue weighted by atomic mass is 16.2. The van der Waals surface area contributed by atoms with Crippen molar-refractivity contribution in [2.75, 3.05) is 26.2 Å². The molecule has 2 aliphatic heterocycles. The van der Waals surface area contributed by atoms with Crippen LogP contribution in [-0.4, -0.2) is 97.4 Å². The number of hydrogen-bond acceptors (Lipinski definition) is 12. The van der Waals surface area contributed by atoms with Gasteiger partial charge in [-0.2, -0.15) is 19.2 Å². The van der Waals surface area contributed by atoms with Gasteiger partial charge in [0.15, 0.2) is 0 Å². The summed E-state index contributed by atoms with van der Waals surface area (Å²) >= 11 is 0. The van der Waals surface area contributed by atoms with Crippen molar-refractivity contribution in [2.24, 2.45) is 22.7 Å². The van der Waals surface area contributed by atoms with Crippen LogP contribution in [0.25, 0.3) is 0 Å². The molecule has 0 N–H and O–H groups in total. The van der Waals surface area contributed by atoms with Crippen molar-refractivity contribution >= 4 is 12.3 Å². The Bertz CT molecular complexity index is 3220. The summed E-state index contributed by atoms with van der Waals surface area (Å²) in [7, 11) is 0. The van der Waals surface area contributed by atoms with Gasteiger partial charge in [0.1, 0.15) is 11.6 Å². The van der Waals surface area contributed by atoms with Gasteiger partial charge < -0.3 is 9.13 Å². The number of imidazole rings is 2. The summed E-state index contributed by atoms with van der Waals surface area (Å²) in [6.07, 6.45) is 26.8. The molecular formula is C74H100N12O4. The van der Waals surface area contributed by atoms with E-state index in [0.717, 1.165) is 101 Å². The van der Waals surface area contributed by atoms with Crippen LogP contribution in [0.2, 0.25) is 0 Å². The fraction of sp³-hybridized carbons (Fsp3) is 0.514. The third-order valence-corrected chi connectivity index (χ3v) is 19.2. The standard InChI is InChI=1S/2C36H50N6.2CO2/c2*1-6-29-17-20-40(21-18-29)27-35-37-19-22-41(35)25-32-23-31(14-13-28(32)3)34(16-15-33-26-42(7-2)39-38-33)36(4,5)24-30-11-9-8-10-12-30;2*2-1-3/h2*8-14,19,22-23,26,29,34H,6-7,15-18,20-21,24-25,27H2,1-5H3;;. The molecule has 0 aliphatic carbocycles. The zero-order valence-corrected chi connectivity index (χ0v) is 55.6. The number of hydrogen-bond donors (Lipinski definition) is 0. The van der Waals surface area contributed by atoms with E-state index in [1.165, 1.54) is 121 Å². The summed E-state index contributed by atoms with van der Waals surface area (Å²) in [5.41, 5.74) is 13.4. The molecule has 2 atom stereocenters. The van der Waals surface area contributed by atoms with E-state index in [-0.39, 0.29) is 23.1 Å². The minimum absolute atomic E-state index is 0.0689. The molecule has 2 fully saturated rings. The fourth-order valence-electron chi connectivity index (χ4n) is 13.6. The smallest absolute Gasteiger partial charge is 0.329 e. The first-order valence-corrected chi connectivity index (χ1v) is 33.0. The van der Waals surface area contributed by atoms with Crippen LogP contribution >= 0.6 is 0 Å². The monoisotopic (exact) mass is 1220 g/mol. The van der Waals surface area contributed by atoms with Gasteiger partial charge in [-0.15, -0.1) is 10.2 Å². The minimum Gasteiger partial charge on any atom is -0.329 e. The molecule has 4 aromatic carbocycles. The molecule has 0 saturated carbocycles. The molecule has 480 valence electrons. The van der Waals surface area contributed by atoms with Crippen LogP contribution in [0, 0.1) is 36.5 Å². The average molecular weight is 1220 g/mol. The number of aryl methyl sites for hydroxylation is 6. The number of carbonyl (C=O) groups excluding carboxylic acids is 4. The molecule has 2 saturated heterocycles. The van der Waals surface area contributed by atoms with Crippen molar-refractivity contribution in [3.8, 4) is 0 Å². The molecule has 16 nitrogen and oxygen atoms in total. The fourth-order valence-corrected chi connectivity index (χ4v) is 13.6. The molecule has 8 aromatic rings. The van der Waals surface area contributed by atoms with E-state index in [4.69, 9.17) is 29.1 Å². The van der Waals surface area contributed by atoms with Gasteiger partial charge in [0.05, 0.1) is 24.5 Å². The Labute approximate surface area is 535 Å². The second kappa shape index (κ2) is 35.0. The Balaban J connectivity index is 0.000000236. The third-order valence-electron chi connectivity index (χ3n) is 19.2. The van der Waals surface area contributed by atoms with Gasteiger partial charge in [-0.1, -0.05) is 162 Å². The topological polar surface area (TPSA) is 172 Å². The maximum Gasteiger partial charge on any atom is 0.373 e. The number of nitrogens with zero attached hydrogens (tertiary/aromatic N) is 12. The van der Waals surface area contributed by atoms with Gasteiger partial charge in [0.25, 0.3) is 0 Å². The summed E-state index contributed by atoms with van der Waals surface area (Å²) in [6, 6.07) is 36.2. The largest absolute Gasteiger partial charge is 0.373 e. The number of rotatable bonds is 26. The predicted octanol–water partition coefficient (Wildman–Crippen LogP) is 13.8. The first-order chi connectivity index (χ1) is 43.5. The zero-order valence-electron chi connectivity index (χ0n) is 55.6. The third kappa shape index (κ3) is 20.6. The number of aromatic nitrogens is 10. The van der Waals surface area contributed by atoms with Gasteiger partial charge >= 0.3 is 12.3 Å². The van der Waals surface area contributed by atoms with Crippen molar-refractivity contribution in [1.29, 1.82) is 0 Å². The van der Waals surface area contributed by atoms with Crippen molar-refractivity contribution < 1.29 is 19.2 Å². The number of benzene rings is 4. The summed E-state index contributed by atoms with van der Waals surface area (Å²) in [5, 5.41) is 17.5. The second-order valence-corrected chi connectivity index (χ2v) is 26.4. The van der Waals surface area contributed by atoms with Crippen LogP contribution in [0.1, 0.15) is 186 Å². The normalized spacial score (nSPS) is 14.9. The van der Waals surface area contributed by atoms with E-state index >= 15 is 0 Å². The Kier molecular flexibility index (Phi) is 27.1. The van der Waals surface area contributed by atoms with E-state index < -0.39 is 0 Å². The zero-order chi connectivity index (χ0) is 64.5. The Hall–Kier alpha value is -7.74. The van der Waals surface area contributed by atoms with Gasteiger partial charge in [0.2, 0.25) is 0 Å². The lowest BCUT2D eigenvalue weighted by molar-refractivity contribution is -0.193. The Morgan fingerprint density at radius 3 is 1.21 bits per heavy atom. The second-order valence-electron chi connectivity index (χ2n) is 26.4. The highest BCUT2D eigenvalue weighted by Gasteiger charge is 2.34. The summed E-state index contributed by atoms with van der Waals surface area (Å²) in [5.74, 6) is 4.90. The molecule has 90 heavy (non-hydrogen) atoms. The average Bonchev–Trinajstić information content (AvgIpc) is 1.00. The first kappa shape index (κ1) is 69.7. The highest BCUT2D eigenvalue weighted by molar-refractivity contribution is 5.37. The minimum atomic E-state index is 0.0689. The lowest BCUT2D eigenvalue weighted by atomic mass is 9.69. The number of piperidine rings is 2. The molecule has 2 aliphatic rings. The van der Waals surface area contributed by atoms with E-state index in [2.05, 4.69) is 231 Å². The van der Waals surface area contributed by atoms with Gasteiger partial charge in [-0.25, -0.2) is 9.97 Å². The van der Waals surface area contributed by atoms with Crippen molar-refractivity contribution in [3.63, 3.8) is 0 Å². The molecule has 4 aromatic heterocycles. The van der Waals surface area contributed by atoms with E-state index in [1.807, 2.05) is 21.8 Å². The van der Waals surface area contributed by atoms with E-state index in [1.54, 1.807) is 0 Å². The van der Waals surface area contributed by atoms with Gasteiger partial charge in [-0.05, 0) is 197 Å². The van der Waals surface area contributed by atoms with Crippen molar-refractivity contribution in [1.82, 2.24) is 58.9 Å². The highest BCUT2D eigenvalue weighted by Crippen LogP contribution is 2.44. The van der Waals surface area contributed by atoms with Crippen molar-refractivity contribution in [3.05, 3.63) is 202 Å². The molecule has 0 bridgehead atoms. The van der Waals surface area contributed by atoms with Crippen LogP contribution in [-0.2, 0) is 84.1 Å². The molecular weight excluding hydrogens is 1120 g/mol. The Morgan fingerprint density at radius 2 is 0.878 bits per heavy atom. The SMILES string of the molecule is CCC1CCN(Cc2nccn2Cc2cc(C(CCc3cn(CC)nn3)C(C)(C)Cc3ccccc3)ccc2C)CC1.CCC1CCN(Cc2nccn2Cc2cc(C(CCc3cn(CC)nn3)C(C)(C)Cc3ccccc3)ccc2C)CC1.O=C=O.O=C=O. The maximum absolute atomic E-state index is 8.12. The molecule has 6 heterocycles. The van der Waals surface area contributed by atoms with E-state index in [0.29, 0.717) is 11.8 Å². The summed E-state index contributed by atoms with van der Waals surface area (Å²) in [4.78, 5) is 47.3. The molecule has 10 rings (SSSR count). The van der Waals surface area contributed by atoms with Gasteiger partial charge in [0, 0.05) is 63.4 Å². The summed E-state index contributed by atoms with van der Waals surface area (Å²) < 4.78 is 8.59.